The molecular weight excluding hydrogens is 364 g/mol. The van der Waals surface area contributed by atoms with Gasteiger partial charge in [0.1, 0.15) is 5.75 Å². The molecule has 0 unspecified atom stereocenters. The van der Waals surface area contributed by atoms with E-state index in [0.717, 1.165) is 5.56 Å². The van der Waals surface area contributed by atoms with Crippen molar-refractivity contribution in [1.29, 1.82) is 0 Å². The molecule has 8 heteroatoms. The van der Waals surface area contributed by atoms with E-state index in [9.17, 15) is 13.2 Å². The van der Waals surface area contributed by atoms with Crippen LogP contribution in [0.5, 0.6) is 5.75 Å². The molecule has 0 saturated carbocycles. The first-order chi connectivity index (χ1) is 11.8. The summed E-state index contributed by atoms with van der Waals surface area (Å²) in [5, 5.41) is 3.19. The summed E-state index contributed by atoms with van der Waals surface area (Å²) in [5.74, 6) is 0.00136. The van der Waals surface area contributed by atoms with Crippen molar-refractivity contribution in [2.24, 2.45) is 0 Å². The summed E-state index contributed by atoms with van der Waals surface area (Å²) >= 11 is 5.91. The number of amides is 1. The van der Waals surface area contributed by atoms with Crippen molar-refractivity contribution in [3.05, 3.63) is 53.1 Å². The summed E-state index contributed by atoms with van der Waals surface area (Å²) in [5.41, 5.74) is 1.35. The SMILES string of the molecule is COc1cc(S(=O)(=O)NCCc2cccc(Cl)c2)ccc1NC(C)=O. The van der Waals surface area contributed by atoms with Gasteiger partial charge in [-0.15, -0.1) is 0 Å². The summed E-state index contributed by atoms with van der Waals surface area (Å²) in [6.45, 7) is 1.60. The first kappa shape index (κ1) is 19.2. The number of methoxy groups -OCH3 is 1. The maximum absolute atomic E-state index is 12.4. The van der Waals surface area contributed by atoms with Crippen LogP contribution in [0.1, 0.15) is 12.5 Å². The zero-order valence-corrected chi connectivity index (χ0v) is 15.4. The van der Waals surface area contributed by atoms with Crippen LogP contribution >= 0.6 is 11.6 Å². The van der Waals surface area contributed by atoms with E-state index < -0.39 is 10.0 Å². The Kier molecular flexibility index (Phi) is 6.41. The van der Waals surface area contributed by atoms with Crippen molar-refractivity contribution >= 4 is 33.2 Å². The second-order valence-electron chi connectivity index (χ2n) is 5.32. The molecule has 25 heavy (non-hydrogen) atoms. The number of hydrogen-bond acceptors (Lipinski definition) is 4. The predicted octanol–water partition coefficient (Wildman–Crippen LogP) is 2.83. The molecule has 2 aromatic carbocycles. The Morgan fingerprint density at radius 3 is 2.60 bits per heavy atom. The number of carbonyl (C=O) groups excluding carboxylic acids is 1. The predicted molar refractivity (Wildman–Crippen MR) is 97.6 cm³/mol. The zero-order chi connectivity index (χ0) is 18.4. The highest BCUT2D eigenvalue weighted by molar-refractivity contribution is 7.89. The maximum Gasteiger partial charge on any atom is 0.240 e. The molecule has 0 spiro atoms. The van der Waals surface area contributed by atoms with Gasteiger partial charge in [0.15, 0.2) is 0 Å². The van der Waals surface area contributed by atoms with Crippen molar-refractivity contribution < 1.29 is 17.9 Å². The molecule has 0 aliphatic heterocycles. The molecule has 0 aliphatic carbocycles. The van der Waals surface area contributed by atoms with E-state index in [4.69, 9.17) is 16.3 Å². The van der Waals surface area contributed by atoms with E-state index in [1.165, 1.54) is 32.2 Å². The number of nitrogens with one attached hydrogen (secondary N) is 2. The van der Waals surface area contributed by atoms with Crippen molar-refractivity contribution in [3.63, 3.8) is 0 Å². The van der Waals surface area contributed by atoms with E-state index in [1.807, 2.05) is 12.1 Å². The fraction of sp³-hybridized carbons (Fsp3) is 0.235. The molecule has 2 N–H and O–H groups in total. The Morgan fingerprint density at radius 1 is 1.20 bits per heavy atom. The summed E-state index contributed by atoms with van der Waals surface area (Å²) in [7, 11) is -2.29. The van der Waals surface area contributed by atoms with Gasteiger partial charge in [-0.25, -0.2) is 13.1 Å². The molecule has 0 heterocycles. The van der Waals surface area contributed by atoms with Gasteiger partial charge in [-0.2, -0.15) is 0 Å². The third kappa shape index (κ3) is 5.45. The number of rotatable bonds is 7. The number of anilines is 1. The average molecular weight is 383 g/mol. The molecule has 0 atom stereocenters. The van der Waals surface area contributed by atoms with Crippen LogP contribution in [0.25, 0.3) is 0 Å². The van der Waals surface area contributed by atoms with Crippen LogP contribution in [0.4, 0.5) is 5.69 Å². The number of halogens is 1. The first-order valence-electron chi connectivity index (χ1n) is 7.51. The summed E-state index contributed by atoms with van der Waals surface area (Å²) in [6, 6.07) is 11.5. The van der Waals surface area contributed by atoms with E-state index in [1.54, 1.807) is 12.1 Å². The number of carbonyl (C=O) groups is 1. The molecule has 134 valence electrons. The Labute approximate surface area is 152 Å². The molecule has 0 saturated heterocycles. The first-order valence-corrected chi connectivity index (χ1v) is 9.37. The molecule has 0 aliphatic rings. The van der Waals surface area contributed by atoms with Gasteiger partial charge in [0.2, 0.25) is 15.9 Å². The fourth-order valence-electron chi connectivity index (χ4n) is 2.24. The van der Waals surface area contributed by atoms with E-state index >= 15 is 0 Å². The lowest BCUT2D eigenvalue weighted by molar-refractivity contribution is -0.114. The quantitative estimate of drug-likeness (QED) is 0.771. The molecule has 2 aromatic rings. The van der Waals surface area contributed by atoms with Gasteiger partial charge in [0, 0.05) is 24.6 Å². The Bertz CT molecular complexity index is 869. The van der Waals surface area contributed by atoms with E-state index in [-0.39, 0.29) is 23.1 Å². The van der Waals surface area contributed by atoms with Crippen LogP contribution in [0, 0.1) is 0 Å². The number of sulfonamides is 1. The minimum absolute atomic E-state index is 0.0598. The lowest BCUT2D eigenvalue weighted by Crippen LogP contribution is -2.26. The van der Waals surface area contributed by atoms with Gasteiger partial charge in [0.05, 0.1) is 17.7 Å². The summed E-state index contributed by atoms with van der Waals surface area (Å²) in [6.07, 6.45) is 0.515. The molecule has 0 bridgehead atoms. The minimum Gasteiger partial charge on any atom is -0.495 e. The highest BCUT2D eigenvalue weighted by Crippen LogP contribution is 2.27. The Balaban J connectivity index is 2.09. The van der Waals surface area contributed by atoms with Crippen molar-refractivity contribution in [3.8, 4) is 5.75 Å². The number of hydrogen-bond donors (Lipinski definition) is 2. The van der Waals surface area contributed by atoms with Crippen LogP contribution in [-0.4, -0.2) is 28.0 Å². The lowest BCUT2D eigenvalue weighted by Gasteiger charge is -2.12. The monoisotopic (exact) mass is 382 g/mol. The van der Waals surface area contributed by atoms with Crippen molar-refractivity contribution in [1.82, 2.24) is 4.72 Å². The molecule has 0 radical (unpaired) electrons. The van der Waals surface area contributed by atoms with Crippen LogP contribution in [0.15, 0.2) is 47.4 Å². The van der Waals surface area contributed by atoms with Gasteiger partial charge in [0.25, 0.3) is 0 Å². The molecule has 2 rings (SSSR count). The zero-order valence-electron chi connectivity index (χ0n) is 13.9. The van der Waals surface area contributed by atoms with Crippen LogP contribution in [0.3, 0.4) is 0 Å². The molecule has 6 nitrogen and oxygen atoms in total. The Morgan fingerprint density at radius 2 is 1.96 bits per heavy atom. The second kappa shape index (κ2) is 8.33. The van der Waals surface area contributed by atoms with Gasteiger partial charge in [-0.05, 0) is 36.2 Å². The van der Waals surface area contributed by atoms with Crippen LogP contribution < -0.4 is 14.8 Å². The topological polar surface area (TPSA) is 84.5 Å². The second-order valence-corrected chi connectivity index (χ2v) is 7.52. The largest absolute Gasteiger partial charge is 0.495 e. The normalized spacial score (nSPS) is 11.2. The maximum atomic E-state index is 12.4. The summed E-state index contributed by atoms with van der Waals surface area (Å²) < 4.78 is 32.5. The average Bonchev–Trinajstić information content (AvgIpc) is 2.54. The lowest BCUT2D eigenvalue weighted by atomic mass is 10.2. The third-order valence-electron chi connectivity index (χ3n) is 3.39. The molecule has 1 amide bonds. The molecule has 0 fully saturated rings. The van der Waals surface area contributed by atoms with E-state index in [2.05, 4.69) is 10.0 Å². The van der Waals surface area contributed by atoms with Gasteiger partial charge < -0.3 is 10.1 Å². The van der Waals surface area contributed by atoms with Crippen LogP contribution in [0.2, 0.25) is 5.02 Å². The van der Waals surface area contributed by atoms with Crippen LogP contribution in [-0.2, 0) is 21.2 Å². The Hall–Kier alpha value is -2.09. The summed E-state index contributed by atoms with van der Waals surface area (Å²) in [4.78, 5) is 11.2. The van der Waals surface area contributed by atoms with E-state index in [0.29, 0.717) is 17.1 Å². The third-order valence-corrected chi connectivity index (χ3v) is 5.08. The molecule has 0 aromatic heterocycles. The standard InChI is InChI=1S/C17H19ClN2O4S/c1-12(21)20-16-7-6-15(11-17(16)24-2)25(22,23)19-9-8-13-4-3-5-14(18)10-13/h3-7,10-11,19H,8-9H2,1-2H3,(H,20,21). The fourth-order valence-corrected chi connectivity index (χ4v) is 3.50. The number of benzene rings is 2. The van der Waals surface area contributed by atoms with Gasteiger partial charge >= 0.3 is 0 Å². The highest BCUT2D eigenvalue weighted by Gasteiger charge is 2.16. The van der Waals surface area contributed by atoms with Gasteiger partial charge in [-0.1, -0.05) is 23.7 Å². The smallest absolute Gasteiger partial charge is 0.240 e. The van der Waals surface area contributed by atoms with Gasteiger partial charge in [-0.3, -0.25) is 4.79 Å². The minimum atomic E-state index is -3.69. The molecular formula is C17H19ClN2O4S. The highest BCUT2D eigenvalue weighted by atomic mass is 35.5. The van der Waals surface area contributed by atoms with Crippen molar-refractivity contribution in [2.75, 3.05) is 19.0 Å². The number of ether oxygens (including phenoxy) is 1. The van der Waals surface area contributed by atoms with Crippen molar-refractivity contribution in [2.45, 2.75) is 18.2 Å².